The average molecular weight is 575 g/mol. The van der Waals surface area contributed by atoms with Gasteiger partial charge in [-0.2, -0.15) is 0 Å². The lowest BCUT2D eigenvalue weighted by Crippen LogP contribution is -3.00. The average Bonchev–Trinajstić information content (AvgIpc) is 2.90. The number of hydrogen-bond donors (Lipinski definition) is 0. The normalized spacial score (nSPS) is 16.9. The van der Waals surface area contributed by atoms with Crippen molar-refractivity contribution in [2.24, 2.45) is 0 Å². The second-order valence-corrected chi connectivity index (χ2v) is 13.0. The van der Waals surface area contributed by atoms with Crippen LogP contribution in [0.4, 0.5) is 5.69 Å². The Morgan fingerprint density at radius 1 is 0.647 bits per heavy atom. The molecule has 0 N–H and O–H groups in total. The smallest absolute Gasteiger partial charge is 0.112 e. The number of rotatable bonds is 5. The maximum Gasteiger partial charge on any atom is 0.112 e. The van der Waals surface area contributed by atoms with Crippen molar-refractivity contribution in [1.82, 2.24) is 0 Å². The lowest BCUT2D eigenvalue weighted by atomic mass is 9.86. The molecule has 6 rings (SSSR count). The van der Waals surface area contributed by atoms with Crippen molar-refractivity contribution in [2.75, 3.05) is 24.2 Å². The highest BCUT2D eigenvalue weighted by atomic mass is 127. The van der Waals surface area contributed by atoms with Crippen LogP contribution in [-0.4, -0.2) is 19.3 Å². The number of halogens is 1. The Morgan fingerprint density at radius 2 is 1.21 bits per heavy atom. The van der Waals surface area contributed by atoms with Gasteiger partial charge in [-0.15, -0.1) is 0 Å². The third-order valence-corrected chi connectivity index (χ3v) is 12.1. The Morgan fingerprint density at radius 3 is 1.76 bits per heavy atom. The van der Waals surface area contributed by atoms with Crippen LogP contribution in [-0.2, 0) is 6.42 Å². The van der Waals surface area contributed by atoms with E-state index in [9.17, 15) is 0 Å². The summed E-state index contributed by atoms with van der Waals surface area (Å²) in [5, 5.41) is 4.49. The van der Waals surface area contributed by atoms with Crippen molar-refractivity contribution >= 4 is 28.9 Å². The largest absolute Gasteiger partial charge is 1.00 e. The van der Waals surface area contributed by atoms with Gasteiger partial charge in [-0.25, -0.2) is 0 Å². The van der Waals surface area contributed by atoms with Crippen molar-refractivity contribution in [2.45, 2.75) is 25.2 Å². The number of hydrogen-bond acceptors (Lipinski definition) is 1. The molecule has 0 spiro atoms. The molecule has 0 bridgehead atoms. The fourth-order valence-corrected chi connectivity index (χ4v) is 10.7. The van der Waals surface area contributed by atoms with Crippen LogP contribution in [0.3, 0.4) is 0 Å². The molecule has 0 aliphatic carbocycles. The lowest BCUT2D eigenvalue weighted by Gasteiger charge is -2.41. The number of aryl methyl sites for hydroxylation is 1. The number of para-hydroxylation sites is 1. The van der Waals surface area contributed by atoms with Crippen LogP contribution in [0.25, 0.3) is 0 Å². The highest BCUT2D eigenvalue weighted by Crippen LogP contribution is 2.59. The number of anilines is 1. The second kappa shape index (κ2) is 10.2. The van der Waals surface area contributed by atoms with Crippen LogP contribution >= 0.6 is 7.26 Å². The van der Waals surface area contributed by atoms with Crippen molar-refractivity contribution in [1.29, 1.82) is 0 Å². The highest BCUT2D eigenvalue weighted by molar-refractivity contribution is 7.95. The summed E-state index contributed by atoms with van der Waals surface area (Å²) < 4.78 is 0. The predicted molar refractivity (Wildman–Crippen MR) is 144 cm³/mol. The third kappa shape index (κ3) is 4.10. The first-order valence-corrected chi connectivity index (χ1v) is 14.3. The molecule has 1 atom stereocenters. The van der Waals surface area contributed by atoms with Crippen molar-refractivity contribution < 1.29 is 24.0 Å². The Bertz CT molecular complexity index is 1130. The summed E-state index contributed by atoms with van der Waals surface area (Å²) in [5.74, 6) is 0.572. The van der Waals surface area contributed by atoms with Crippen LogP contribution in [0.1, 0.15) is 29.9 Å². The quantitative estimate of drug-likeness (QED) is 0.262. The van der Waals surface area contributed by atoms with Gasteiger partial charge in [0.2, 0.25) is 0 Å². The standard InChI is InChI=1S/C31H31NP.HI/c1-4-14-27(15-5-1)33(28-16-6-2-7-17-28,29-18-8-3-9-19-29)24-26-21-23-32-22-11-13-25-12-10-20-30(26)31(25)32;/h1-10,12,14-20,26H,11,13,21-24H2;1H/q+1;/p-1. The number of nitrogens with zero attached hydrogens (tertiary/aromatic N) is 1. The molecule has 0 saturated carbocycles. The topological polar surface area (TPSA) is 3.24 Å². The maximum atomic E-state index is 2.67. The van der Waals surface area contributed by atoms with Gasteiger partial charge in [0.25, 0.3) is 0 Å². The molecule has 0 radical (unpaired) electrons. The van der Waals surface area contributed by atoms with Gasteiger partial charge in [0.05, 0.1) is 6.16 Å². The van der Waals surface area contributed by atoms with Crippen molar-refractivity contribution in [3.05, 3.63) is 120 Å². The van der Waals surface area contributed by atoms with Gasteiger partial charge in [0, 0.05) is 24.7 Å². The maximum absolute atomic E-state index is 2.67. The fraction of sp³-hybridized carbons (Fsp3) is 0.226. The predicted octanol–water partition coefficient (Wildman–Crippen LogP) is 2.92. The van der Waals surface area contributed by atoms with Crippen LogP contribution in [0, 0.1) is 0 Å². The van der Waals surface area contributed by atoms with E-state index in [2.05, 4.69) is 114 Å². The van der Waals surface area contributed by atoms with Crippen molar-refractivity contribution in [3.63, 3.8) is 0 Å². The summed E-state index contributed by atoms with van der Waals surface area (Å²) >= 11 is 0. The van der Waals surface area contributed by atoms with Crippen LogP contribution < -0.4 is 44.8 Å². The van der Waals surface area contributed by atoms with Gasteiger partial charge in [-0.1, -0.05) is 72.8 Å². The van der Waals surface area contributed by atoms with Crippen LogP contribution in [0.5, 0.6) is 0 Å². The fourth-order valence-electron chi connectivity index (χ4n) is 6.12. The van der Waals surface area contributed by atoms with Gasteiger partial charge < -0.3 is 28.9 Å². The molecule has 0 fully saturated rings. The van der Waals surface area contributed by atoms with E-state index in [0.29, 0.717) is 5.92 Å². The van der Waals surface area contributed by atoms with Gasteiger partial charge in [-0.3, -0.25) is 0 Å². The summed E-state index contributed by atoms with van der Waals surface area (Å²) in [4.78, 5) is 2.67. The van der Waals surface area contributed by atoms with E-state index in [1.165, 1.54) is 54.4 Å². The minimum absolute atomic E-state index is 0. The Hall–Kier alpha value is -2.16. The highest BCUT2D eigenvalue weighted by Gasteiger charge is 2.48. The van der Waals surface area contributed by atoms with E-state index in [1.54, 1.807) is 16.8 Å². The van der Waals surface area contributed by atoms with Gasteiger partial charge in [-0.05, 0) is 66.8 Å². The first kappa shape index (κ1) is 23.6. The SMILES string of the molecule is [I-].c1ccc([P+](CC2CCN3CCCc4cccc2c43)(c2ccccc2)c2ccccc2)cc1. The Kier molecular flexibility index (Phi) is 7.09. The van der Waals surface area contributed by atoms with Gasteiger partial charge in [0.1, 0.15) is 23.2 Å². The molecule has 0 aromatic heterocycles. The first-order valence-electron chi connectivity index (χ1n) is 12.3. The molecule has 3 heteroatoms. The van der Waals surface area contributed by atoms with Crippen LogP contribution in [0.15, 0.2) is 109 Å². The first-order chi connectivity index (χ1) is 16.4. The summed E-state index contributed by atoms with van der Waals surface area (Å²) in [5.41, 5.74) is 4.71. The molecule has 2 aliphatic heterocycles. The van der Waals surface area contributed by atoms with Crippen LogP contribution in [0.2, 0.25) is 0 Å². The molecule has 0 amide bonds. The monoisotopic (exact) mass is 575 g/mol. The van der Waals surface area contributed by atoms with Gasteiger partial charge >= 0.3 is 0 Å². The molecule has 0 saturated heterocycles. The van der Waals surface area contributed by atoms with E-state index in [1.807, 2.05) is 0 Å². The van der Waals surface area contributed by atoms with E-state index in [0.717, 1.165) is 0 Å². The zero-order chi connectivity index (χ0) is 22.1. The molecule has 34 heavy (non-hydrogen) atoms. The molecule has 4 aromatic rings. The molecule has 1 unspecified atom stereocenters. The Balaban J connectivity index is 0.00000241. The summed E-state index contributed by atoms with van der Waals surface area (Å²) in [7, 11) is -1.82. The molecule has 172 valence electrons. The molecule has 2 heterocycles. The zero-order valence-electron chi connectivity index (χ0n) is 19.5. The summed E-state index contributed by atoms with van der Waals surface area (Å²) in [6, 6.07) is 41.2. The summed E-state index contributed by atoms with van der Waals surface area (Å²) in [6.07, 6.45) is 4.94. The summed E-state index contributed by atoms with van der Waals surface area (Å²) in [6.45, 7) is 2.40. The second-order valence-electron chi connectivity index (χ2n) is 9.43. The minimum Gasteiger partial charge on any atom is -1.00 e. The van der Waals surface area contributed by atoms with E-state index in [4.69, 9.17) is 0 Å². The minimum atomic E-state index is -1.82. The van der Waals surface area contributed by atoms with E-state index < -0.39 is 7.26 Å². The van der Waals surface area contributed by atoms with E-state index in [-0.39, 0.29) is 24.0 Å². The molecular weight excluding hydrogens is 544 g/mol. The third-order valence-electron chi connectivity index (χ3n) is 7.61. The Labute approximate surface area is 221 Å². The molecule has 4 aromatic carbocycles. The van der Waals surface area contributed by atoms with E-state index >= 15 is 0 Å². The molecular formula is C31H31INP. The zero-order valence-corrected chi connectivity index (χ0v) is 22.5. The van der Waals surface area contributed by atoms with Gasteiger partial charge in [0.15, 0.2) is 0 Å². The molecule has 1 nitrogen and oxygen atoms in total. The molecule has 2 aliphatic rings. The lowest BCUT2D eigenvalue weighted by molar-refractivity contribution is -0.00000635. The van der Waals surface area contributed by atoms with Crippen molar-refractivity contribution in [3.8, 4) is 0 Å². The number of benzene rings is 4.